The van der Waals surface area contributed by atoms with Crippen molar-refractivity contribution in [3.63, 3.8) is 0 Å². The van der Waals surface area contributed by atoms with Crippen molar-refractivity contribution < 1.29 is 14.3 Å². The summed E-state index contributed by atoms with van der Waals surface area (Å²) in [5, 5.41) is 9.76. The summed E-state index contributed by atoms with van der Waals surface area (Å²) >= 11 is 1.05. The summed E-state index contributed by atoms with van der Waals surface area (Å²) in [5.74, 6) is -1.91. The first-order valence-electron chi connectivity index (χ1n) is 5.65. The molecule has 0 aliphatic carbocycles. The Labute approximate surface area is 116 Å². The smallest absolute Gasteiger partial charge is 0.338 e. The highest BCUT2D eigenvalue weighted by Crippen LogP contribution is 2.28. The van der Waals surface area contributed by atoms with Gasteiger partial charge in [-0.05, 0) is 30.0 Å². The zero-order chi connectivity index (χ0) is 14.1. The fourth-order valence-corrected chi connectivity index (χ4v) is 2.58. The predicted octanol–water partition coefficient (Wildman–Crippen LogP) is 2.95. The van der Waals surface area contributed by atoms with Crippen LogP contribution < -0.4 is 0 Å². The molecule has 7 heteroatoms. The molecule has 0 saturated carbocycles. The van der Waals surface area contributed by atoms with Crippen LogP contribution in [0.15, 0.2) is 46.7 Å². The first kappa shape index (κ1) is 12.6. The molecule has 3 aromatic rings. The number of carbonyl (C=O) groups is 1. The number of aromatic amines is 1. The third-order valence-corrected chi connectivity index (χ3v) is 3.51. The molecular weight excluding hydrogens is 281 g/mol. The Morgan fingerprint density at radius 2 is 2.15 bits per heavy atom. The van der Waals surface area contributed by atoms with Crippen LogP contribution in [0.4, 0.5) is 4.39 Å². The van der Waals surface area contributed by atoms with E-state index in [2.05, 4.69) is 15.0 Å². The van der Waals surface area contributed by atoms with Crippen molar-refractivity contribution in [2.24, 2.45) is 0 Å². The van der Waals surface area contributed by atoms with Crippen LogP contribution in [-0.2, 0) is 0 Å². The lowest BCUT2D eigenvalue weighted by Gasteiger charge is -2.02. The second-order valence-electron chi connectivity index (χ2n) is 3.97. The Balaban J connectivity index is 2.00. The normalized spacial score (nSPS) is 10.8. The molecule has 0 radical (unpaired) electrons. The minimum Gasteiger partial charge on any atom is -0.478 e. The second kappa shape index (κ2) is 4.93. The van der Waals surface area contributed by atoms with E-state index >= 15 is 0 Å². The Kier molecular flexibility index (Phi) is 3.11. The van der Waals surface area contributed by atoms with Crippen LogP contribution in [0.25, 0.3) is 11.0 Å². The van der Waals surface area contributed by atoms with Crippen LogP contribution in [0.2, 0.25) is 0 Å². The van der Waals surface area contributed by atoms with Crippen LogP contribution in [0.1, 0.15) is 10.4 Å². The van der Waals surface area contributed by atoms with Gasteiger partial charge in [0.15, 0.2) is 5.16 Å². The molecule has 0 amide bonds. The number of para-hydroxylation sites is 2. The zero-order valence-corrected chi connectivity index (χ0v) is 10.8. The van der Waals surface area contributed by atoms with E-state index in [1.54, 1.807) is 0 Å². The summed E-state index contributed by atoms with van der Waals surface area (Å²) in [4.78, 5) is 22.3. The summed E-state index contributed by atoms with van der Waals surface area (Å²) in [5.41, 5.74) is 1.43. The Hall–Kier alpha value is -2.41. The van der Waals surface area contributed by atoms with Gasteiger partial charge in [0.25, 0.3) is 0 Å². The third kappa shape index (κ3) is 2.35. The molecule has 3 rings (SSSR count). The van der Waals surface area contributed by atoms with Gasteiger partial charge in [0.1, 0.15) is 10.8 Å². The maximum absolute atomic E-state index is 13.1. The molecule has 0 aliphatic heterocycles. The van der Waals surface area contributed by atoms with Crippen molar-refractivity contribution in [1.82, 2.24) is 15.0 Å². The summed E-state index contributed by atoms with van der Waals surface area (Å²) in [6.45, 7) is 0. The maximum Gasteiger partial charge on any atom is 0.338 e. The molecule has 5 nitrogen and oxygen atoms in total. The lowest BCUT2D eigenvalue weighted by molar-refractivity contribution is 0.0691. The molecule has 0 fully saturated rings. The van der Waals surface area contributed by atoms with Gasteiger partial charge in [0.05, 0.1) is 22.8 Å². The van der Waals surface area contributed by atoms with Crippen molar-refractivity contribution in [2.45, 2.75) is 10.2 Å². The molecular formula is C13H8FN3O2S. The number of fused-ring (bicyclic) bond motifs is 1. The number of imidazole rings is 1. The van der Waals surface area contributed by atoms with Gasteiger partial charge < -0.3 is 10.1 Å². The fraction of sp³-hybridized carbons (Fsp3) is 0. The van der Waals surface area contributed by atoms with E-state index in [9.17, 15) is 9.18 Å². The Morgan fingerprint density at radius 1 is 1.35 bits per heavy atom. The monoisotopic (exact) mass is 289 g/mol. The number of carboxylic acids is 1. The second-order valence-corrected chi connectivity index (χ2v) is 4.95. The van der Waals surface area contributed by atoms with Gasteiger partial charge in [-0.1, -0.05) is 12.1 Å². The van der Waals surface area contributed by atoms with E-state index in [0.717, 1.165) is 35.1 Å². The van der Waals surface area contributed by atoms with E-state index in [1.807, 2.05) is 24.3 Å². The minimum atomic E-state index is -1.23. The van der Waals surface area contributed by atoms with Crippen LogP contribution in [0.3, 0.4) is 0 Å². The molecule has 100 valence electrons. The third-order valence-electron chi connectivity index (χ3n) is 2.61. The first-order valence-corrected chi connectivity index (χ1v) is 6.46. The Morgan fingerprint density at radius 3 is 2.90 bits per heavy atom. The van der Waals surface area contributed by atoms with Gasteiger partial charge in [-0.25, -0.2) is 19.2 Å². The molecule has 1 aromatic carbocycles. The van der Waals surface area contributed by atoms with Gasteiger partial charge in [-0.15, -0.1) is 0 Å². The zero-order valence-electron chi connectivity index (χ0n) is 10.0. The summed E-state index contributed by atoms with van der Waals surface area (Å²) < 4.78 is 13.1. The van der Waals surface area contributed by atoms with Crippen molar-refractivity contribution in [2.75, 3.05) is 0 Å². The van der Waals surface area contributed by atoms with Crippen molar-refractivity contribution in [1.29, 1.82) is 0 Å². The molecule has 2 heterocycles. The molecule has 0 spiro atoms. The van der Waals surface area contributed by atoms with Crippen LogP contribution in [0, 0.1) is 5.82 Å². The standard InChI is InChI=1S/C13H8FN3O2S/c14-7-5-8(12(18)19)11(15-6-7)20-13-16-9-3-1-2-4-10(9)17-13/h1-6H,(H,16,17)(H,18,19). The summed E-state index contributed by atoms with van der Waals surface area (Å²) in [6, 6.07) is 8.37. The molecule has 2 N–H and O–H groups in total. The summed E-state index contributed by atoms with van der Waals surface area (Å²) in [7, 11) is 0. The van der Waals surface area contributed by atoms with Crippen molar-refractivity contribution in [3.05, 3.63) is 47.9 Å². The predicted molar refractivity (Wildman–Crippen MR) is 71.4 cm³/mol. The molecule has 0 atom stereocenters. The van der Waals surface area contributed by atoms with Gasteiger partial charge in [-0.2, -0.15) is 0 Å². The number of nitrogens with zero attached hydrogens (tertiary/aromatic N) is 2. The SMILES string of the molecule is O=C(O)c1cc(F)cnc1Sc1nc2ccccc2[nH]1. The highest BCUT2D eigenvalue weighted by molar-refractivity contribution is 7.99. The number of carboxylic acid groups (broad SMARTS) is 1. The van der Waals surface area contributed by atoms with Gasteiger partial charge in [0.2, 0.25) is 0 Å². The number of halogens is 1. The molecule has 2 aromatic heterocycles. The highest BCUT2D eigenvalue weighted by Gasteiger charge is 2.15. The highest BCUT2D eigenvalue weighted by atomic mass is 32.2. The van der Waals surface area contributed by atoms with Gasteiger partial charge in [0, 0.05) is 0 Å². The number of H-pyrrole nitrogens is 1. The average Bonchev–Trinajstić information content (AvgIpc) is 2.82. The number of hydrogen-bond donors (Lipinski definition) is 2. The Bertz CT molecular complexity index is 770. The number of benzene rings is 1. The molecule has 0 unspecified atom stereocenters. The van der Waals surface area contributed by atoms with E-state index in [4.69, 9.17) is 5.11 Å². The van der Waals surface area contributed by atoms with Crippen LogP contribution >= 0.6 is 11.8 Å². The van der Waals surface area contributed by atoms with Crippen molar-refractivity contribution >= 4 is 28.8 Å². The molecule has 20 heavy (non-hydrogen) atoms. The number of rotatable bonds is 3. The lowest BCUT2D eigenvalue weighted by atomic mass is 10.3. The van der Waals surface area contributed by atoms with E-state index in [0.29, 0.717) is 5.16 Å². The number of pyridine rings is 1. The van der Waals surface area contributed by atoms with Gasteiger partial charge >= 0.3 is 5.97 Å². The van der Waals surface area contributed by atoms with Crippen LogP contribution in [0.5, 0.6) is 0 Å². The van der Waals surface area contributed by atoms with Crippen LogP contribution in [-0.4, -0.2) is 26.0 Å². The molecule has 0 bridgehead atoms. The maximum atomic E-state index is 13.1. The van der Waals surface area contributed by atoms with E-state index in [-0.39, 0.29) is 10.6 Å². The van der Waals surface area contributed by atoms with E-state index in [1.165, 1.54) is 0 Å². The van der Waals surface area contributed by atoms with Gasteiger partial charge in [-0.3, -0.25) is 0 Å². The number of aromatic nitrogens is 3. The topological polar surface area (TPSA) is 78.9 Å². The van der Waals surface area contributed by atoms with E-state index < -0.39 is 11.8 Å². The quantitative estimate of drug-likeness (QED) is 0.775. The minimum absolute atomic E-state index is 0.185. The summed E-state index contributed by atoms with van der Waals surface area (Å²) in [6.07, 6.45) is 0.984. The van der Waals surface area contributed by atoms with Crippen molar-refractivity contribution in [3.8, 4) is 0 Å². The largest absolute Gasteiger partial charge is 0.478 e. The average molecular weight is 289 g/mol. The molecule has 0 saturated heterocycles. The number of aromatic carboxylic acids is 1. The fourth-order valence-electron chi connectivity index (χ4n) is 1.73. The molecule has 0 aliphatic rings. The first-order chi connectivity index (χ1) is 9.63. The number of nitrogens with one attached hydrogen (secondary N) is 1. The number of hydrogen-bond acceptors (Lipinski definition) is 4. The lowest BCUT2D eigenvalue weighted by Crippen LogP contribution is -2.02.